The molecule has 1 aromatic carbocycles. The van der Waals surface area contributed by atoms with Crippen molar-refractivity contribution in [3.8, 4) is 0 Å². The van der Waals surface area contributed by atoms with Crippen LogP contribution in [-0.2, 0) is 19.1 Å². The first-order valence-corrected chi connectivity index (χ1v) is 13.3. The van der Waals surface area contributed by atoms with Gasteiger partial charge in [0.05, 0.1) is 6.42 Å². The van der Waals surface area contributed by atoms with Crippen LogP contribution >= 0.6 is 0 Å². The maximum absolute atomic E-state index is 13.9. The summed E-state index contributed by atoms with van der Waals surface area (Å²) >= 11 is 0. The second-order valence-electron chi connectivity index (χ2n) is 10.4. The minimum atomic E-state index is -1.27. The van der Waals surface area contributed by atoms with E-state index in [0.29, 0.717) is 18.5 Å². The third-order valence-electron chi connectivity index (χ3n) is 5.71. The number of carbonyl (C=O) groups is 4. The number of hydrogen-bond donors (Lipinski definition) is 3. The Morgan fingerprint density at radius 3 is 2.11 bits per heavy atom. The van der Waals surface area contributed by atoms with E-state index in [1.54, 1.807) is 20.8 Å². The van der Waals surface area contributed by atoms with E-state index >= 15 is 0 Å². The Morgan fingerprint density at radius 2 is 1.57 bits per heavy atom. The topological polar surface area (TPSA) is 131 Å². The zero-order valence-electron chi connectivity index (χ0n) is 23.4. The predicted octanol–water partition coefficient (Wildman–Crippen LogP) is 4.13. The smallest absolute Gasteiger partial charge is 0.408 e. The number of amides is 4. The van der Waals surface area contributed by atoms with Gasteiger partial charge in [0.25, 0.3) is 0 Å². The van der Waals surface area contributed by atoms with Gasteiger partial charge in [0, 0.05) is 13.1 Å². The summed E-state index contributed by atoms with van der Waals surface area (Å²) in [6.07, 6.45) is 4.00. The van der Waals surface area contributed by atoms with Gasteiger partial charge in [0.1, 0.15) is 17.7 Å². The lowest BCUT2D eigenvalue weighted by Gasteiger charge is -2.34. The Morgan fingerprint density at radius 1 is 0.973 bits per heavy atom. The zero-order valence-corrected chi connectivity index (χ0v) is 23.4. The molecule has 0 spiro atoms. The third kappa shape index (κ3) is 12.1. The maximum atomic E-state index is 13.9. The molecule has 9 heteroatoms. The molecule has 0 heterocycles. The number of carbonyl (C=O) groups excluding carboxylic acids is 4. The van der Waals surface area contributed by atoms with E-state index in [9.17, 15) is 19.2 Å². The van der Waals surface area contributed by atoms with E-state index in [2.05, 4.69) is 17.6 Å². The summed E-state index contributed by atoms with van der Waals surface area (Å²) in [4.78, 5) is 53.3. The maximum Gasteiger partial charge on any atom is 0.408 e. The van der Waals surface area contributed by atoms with Crippen LogP contribution in [-0.4, -0.2) is 53.4 Å². The van der Waals surface area contributed by atoms with Crippen LogP contribution in [0.5, 0.6) is 0 Å². The van der Waals surface area contributed by atoms with Crippen molar-refractivity contribution >= 4 is 23.8 Å². The van der Waals surface area contributed by atoms with E-state index in [4.69, 9.17) is 10.5 Å². The molecule has 1 rings (SSSR count). The average molecular weight is 519 g/mol. The van der Waals surface area contributed by atoms with E-state index in [0.717, 1.165) is 37.7 Å². The summed E-state index contributed by atoms with van der Waals surface area (Å²) < 4.78 is 5.31. The SMILES string of the molecule is CCCCCNC(=O)C(c1ccc(C)cc1)N(CCCCC)C(=O)C(CC(N)=O)NC(=O)OC(C)(C)C. The largest absolute Gasteiger partial charge is 0.444 e. The minimum Gasteiger partial charge on any atom is -0.444 e. The molecule has 0 bridgehead atoms. The monoisotopic (exact) mass is 518 g/mol. The lowest BCUT2D eigenvalue weighted by molar-refractivity contribution is -0.143. The highest BCUT2D eigenvalue weighted by molar-refractivity contribution is 5.94. The van der Waals surface area contributed by atoms with Crippen LogP contribution in [0.25, 0.3) is 0 Å². The number of rotatable bonds is 15. The molecular formula is C28H46N4O5. The van der Waals surface area contributed by atoms with Gasteiger partial charge >= 0.3 is 6.09 Å². The second-order valence-corrected chi connectivity index (χ2v) is 10.4. The van der Waals surface area contributed by atoms with E-state index in [1.807, 2.05) is 38.1 Å². The van der Waals surface area contributed by atoms with Gasteiger partial charge < -0.3 is 26.0 Å². The van der Waals surface area contributed by atoms with Crippen molar-refractivity contribution < 1.29 is 23.9 Å². The van der Waals surface area contributed by atoms with Crippen LogP contribution in [0.4, 0.5) is 4.79 Å². The first kappa shape index (κ1) is 31.9. The number of nitrogens with zero attached hydrogens (tertiary/aromatic N) is 1. The summed E-state index contributed by atoms with van der Waals surface area (Å²) in [5.74, 6) is -1.62. The molecule has 1 aromatic rings. The van der Waals surface area contributed by atoms with Gasteiger partial charge in [-0.25, -0.2) is 4.79 Å². The average Bonchev–Trinajstić information content (AvgIpc) is 2.80. The van der Waals surface area contributed by atoms with Crippen molar-refractivity contribution in [1.29, 1.82) is 0 Å². The Balaban J connectivity index is 3.41. The summed E-state index contributed by atoms with van der Waals surface area (Å²) in [6.45, 7) is 11.9. The highest BCUT2D eigenvalue weighted by Crippen LogP contribution is 2.24. The normalized spacial score (nSPS) is 12.8. The van der Waals surface area contributed by atoms with Gasteiger partial charge in [-0.3, -0.25) is 14.4 Å². The van der Waals surface area contributed by atoms with E-state index < -0.39 is 42.0 Å². The molecule has 4 amide bonds. The Hall–Kier alpha value is -3.10. The fourth-order valence-electron chi connectivity index (χ4n) is 3.85. The van der Waals surface area contributed by atoms with Gasteiger partial charge in [-0.1, -0.05) is 69.4 Å². The number of alkyl carbamates (subject to hydrolysis) is 1. The molecule has 0 aromatic heterocycles. The van der Waals surface area contributed by atoms with Gasteiger partial charge in [-0.15, -0.1) is 0 Å². The molecular weight excluding hydrogens is 472 g/mol. The fourth-order valence-corrected chi connectivity index (χ4v) is 3.85. The van der Waals surface area contributed by atoms with Crippen LogP contribution in [0.3, 0.4) is 0 Å². The Kier molecular flexibility index (Phi) is 13.7. The second kappa shape index (κ2) is 15.9. The zero-order chi connectivity index (χ0) is 28.0. The summed E-state index contributed by atoms with van der Waals surface area (Å²) in [5.41, 5.74) is 6.31. The van der Waals surface area contributed by atoms with Crippen LogP contribution in [0.2, 0.25) is 0 Å². The lowest BCUT2D eigenvalue weighted by Crippen LogP contribution is -2.54. The van der Waals surface area contributed by atoms with Gasteiger partial charge in [-0.05, 0) is 46.1 Å². The highest BCUT2D eigenvalue weighted by atomic mass is 16.6. The molecule has 0 saturated carbocycles. The summed E-state index contributed by atoms with van der Waals surface area (Å²) in [5, 5.41) is 5.48. The molecule has 4 N–H and O–H groups in total. The molecule has 0 aliphatic carbocycles. The fraction of sp³-hybridized carbons (Fsp3) is 0.643. The third-order valence-corrected chi connectivity index (χ3v) is 5.71. The van der Waals surface area contributed by atoms with Crippen molar-refractivity contribution in [1.82, 2.24) is 15.5 Å². The molecule has 37 heavy (non-hydrogen) atoms. The van der Waals surface area contributed by atoms with Crippen molar-refractivity contribution in [2.45, 2.75) is 104 Å². The number of primary amides is 1. The number of unbranched alkanes of at least 4 members (excludes halogenated alkanes) is 4. The van der Waals surface area contributed by atoms with Gasteiger partial charge in [0.15, 0.2) is 0 Å². The van der Waals surface area contributed by atoms with Crippen LogP contribution in [0.1, 0.15) is 96.7 Å². The van der Waals surface area contributed by atoms with Crippen molar-refractivity contribution in [2.75, 3.05) is 13.1 Å². The van der Waals surface area contributed by atoms with Crippen LogP contribution in [0.15, 0.2) is 24.3 Å². The molecule has 0 radical (unpaired) electrons. The molecule has 0 fully saturated rings. The number of benzene rings is 1. The Bertz CT molecular complexity index is 880. The van der Waals surface area contributed by atoms with E-state index in [-0.39, 0.29) is 12.5 Å². The summed E-state index contributed by atoms with van der Waals surface area (Å²) in [7, 11) is 0. The van der Waals surface area contributed by atoms with Crippen molar-refractivity contribution in [2.24, 2.45) is 5.73 Å². The van der Waals surface area contributed by atoms with Gasteiger partial charge in [-0.2, -0.15) is 0 Å². The van der Waals surface area contributed by atoms with E-state index in [1.165, 1.54) is 4.90 Å². The quantitative estimate of drug-likeness (QED) is 0.301. The van der Waals surface area contributed by atoms with Crippen LogP contribution in [0, 0.1) is 6.92 Å². The first-order chi connectivity index (χ1) is 17.4. The Labute approximate surface area is 221 Å². The number of hydrogen-bond acceptors (Lipinski definition) is 5. The molecule has 2 unspecified atom stereocenters. The molecule has 0 saturated heterocycles. The standard InChI is InChI=1S/C28H46N4O5/c1-7-9-11-17-30-25(34)24(21-15-13-20(3)14-16-21)32(18-12-10-8-2)26(35)22(19-23(29)33)31-27(36)37-28(4,5)6/h13-16,22,24H,7-12,17-19H2,1-6H3,(H2,29,33)(H,30,34)(H,31,36). The molecule has 2 atom stereocenters. The number of aryl methyl sites for hydroxylation is 1. The number of ether oxygens (including phenoxy) is 1. The van der Waals surface area contributed by atoms with Crippen LogP contribution < -0.4 is 16.4 Å². The minimum absolute atomic E-state index is 0.277. The van der Waals surface area contributed by atoms with Crippen molar-refractivity contribution in [3.63, 3.8) is 0 Å². The first-order valence-electron chi connectivity index (χ1n) is 13.3. The van der Waals surface area contributed by atoms with Crippen molar-refractivity contribution in [3.05, 3.63) is 35.4 Å². The molecule has 9 nitrogen and oxygen atoms in total. The molecule has 0 aliphatic heterocycles. The summed E-state index contributed by atoms with van der Waals surface area (Å²) in [6, 6.07) is 5.24. The molecule has 208 valence electrons. The molecule has 0 aliphatic rings. The highest BCUT2D eigenvalue weighted by Gasteiger charge is 2.36. The van der Waals surface area contributed by atoms with Gasteiger partial charge in [0.2, 0.25) is 17.7 Å². The number of nitrogens with one attached hydrogen (secondary N) is 2. The predicted molar refractivity (Wildman–Crippen MR) is 145 cm³/mol. The lowest BCUT2D eigenvalue weighted by atomic mass is 10.00. The number of nitrogens with two attached hydrogens (primary N) is 1.